The van der Waals surface area contributed by atoms with E-state index in [2.05, 4.69) is 10.3 Å². The molecular weight excluding hydrogens is 396 g/mol. The number of allylic oxidation sites excluding steroid dienone is 3. The molecular formula is C23H20N4O4. The zero-order chi connectivity index (χ0) is 22.1. The molecule has 156 valence electrons. The van der Waals surface area contributed by atoms with Crippen molar-refractivity contribution in [2.24, 2.45) is 0 Å². The molecule has 1 aliphatic heterocycles. The highest BCUT2D eigenvalue weighted by Gasteiger charge is 2.35. The van der Waals surface area contributed by atoms with E-state index in [1.807, 2.05) is 31.2 Å². The smallest absolute Gasteiger partial charge is 0.336 e. The molecule has 1 aliphatic rings. The molecule has 0 fully saturated rings. The number of hydrogen-bond donors (Lipinski definition) is 1. The third kappa shape index (κ3) is 3.63. The Kier molecular flexibility index (Phi) is 5.21. The number of nitro groups is 1. The van der Waals surface area contributed by atoms with E-state index in [9.17, 15) is 14.9 Å². The van der Waals surface area contributed by atoms with Crippen LogP contribution >= 0.6 is 0 Å². The van der Waals surface area contributed by atoms with E-state index in [1.54, 1.807) is 25.3 Å². The number of para-hydroxylation sites is 2. The van der Waals surface area contributed by atoms with E-state index in [4.69, 9.17) is 9.72 Å². The maximum atomic E-state index is 12.8. The molecule has 0 amide bonds. The van der Waals surface area contributed by atoms with Crippen molar-refractivity contribution in [3.05, 3.63) is 93.1 Å². The van der Waals surface area contributed by atoms with E-state index < -0.39 is 16.8 Å². The summed E-state index contributed by atoms with van der Waals surface area (Å²) in [7, 11) is 1.31. The summed E-state index contributed by atoms with van der Waals surface area (Å²) < 4.78 is 5.05. The first kappa shape index (κ1) is 20.2. The highest BCUT2D eigenvalue weighted by Crippen LogP contribution is 2.43. The number of nitrogens with zero attached hydrogens (tertiary/aromatic N) is 3. The molecule has 8 heteroatoms. The van der Waals surface area contributed by atoms with Crippen molar-refractivity contribution in [3.8, 4) is 0 Å². The number of methoxy groups -OCH3 is 1. The lowest BCUT2D eigenvalue weighted by Crippen LogP contribution is -2.28. The van der Waals surface area contributed by atoms with Crippen LogP contribution < -0.4 is 5.32 Å². The molecule has 2 aromatic carbocycles. The van der Waals surface area contributed by atoms with E-state index in [0.29, 0.717) is 33.6 Å². The number of nitrogens with one attached hydrogen (secondary N) is 1. The Morgan fingerprint density at radius 1 is 1.10 bits per heavy atom. The van der Waals surface area contributed by atoms with Gasteiger partial charge in [-0.05, 0) is 31.5 Å². The van der Waals surface area contributed by atoms with Gasteiger partial charge in [-0.1, -0.05) is 24.3 Å². The minimum Gasteiger partial charge on any atom is -0.466 e. The average molecular weight is 416 g/mol. The van der Waals surface area contributed by atoms with E-state index in [1.165, 1.54) is 19.2 Å². The van der Waals surface area contributed by atoms with Crippen molar-refractivity contribution in [2.75, 3.05) is 7.11 Å². The van der Waals surface area contributed by atoms with Crippen LogP contribution in [0.1, 0.15) is 31.0 Å². The lowest BCUT2D eigenvalue weighted by atomic mass is 9.79. The quantitative estimate of drug-likeness (QED) is 0.387. The summed E-state index contributed by atoms with van der Waals surface area (Å²) in [5.74, 6) is -1.12. The highest BCUT2D eigenvalue weighted by atomic mass is 16.6. The number of hydrogen-bond acceptors (Lipinski definition) is 7. The fourth-order valence-corrected chi connectivity index (χ4v) is 3.95. The van der Waals surface area contributed by atoms with Crippen molar-refractivity contribution in [1.29, 1.82) is 0 Å². The molecule has 0 saturated heterocycles. The number of dihydropyridines is 1. The van der Waals surface area contributed by atoms with E-state index in [0.717, 1.165) is 11.2 Å². The fraction of sp³-hybridized carbons (Fsp3) is 0.174. The van der Waals surface area contributed by atoms with Crippen molar-refractivity contribution in [1.82, 2.24) is 15.3 Å². The van der Waals surface area contributed by atoms with Crippen LogP contribution in [0.5, 0.6) is 0 Å². The summed E-state index contributed by atoms with van der Waals surface area (Å²) in [6, 6.07) is 13.8. The summed E-state index contributed by atoms with van der Waals surface area (Å²) in [5, 5.41) is 14.6. The SMILES string of the molecule is COC(=O)C1=C(C)NC(C)=C(c2cnc3ccccc3n2)C1c1cccc([N+](=O)[O-])c1. The standard InChI is InChI=1S/C23H20N4O4/c1-13-20(19-12-24-17-9-4-5-10-18(17)26-19)22(21(14(2)25-13)23(28)31-3)15-7-6-8-16(11-15)27(29)30/h4-12,22,25H,1-3H3. The van der Waals surface area contributed by atoms with Gasteiger partial charge in [-0.15, -0.1) is 0 Å². The van der Waals surface area contributed by atoms with Crippen molar-refractivity contribution in [2.45, 2.75) is 19.8 Å². The van der Waals surface area contributed by atoms with Crippen LogP contribution in [0.4, 0.5) is 5.69 Å². The number of carbonyl (C=O) groups excluding carboxylic acids is 1. The molecule has 0 aliphatic carbocycles. The van der Waals surface area contributed by atoms with Crippen LogP contribution in [0, 0.1) is 10.1 Å². The predicted octanol–water partition coefficient (Wildman–Crippen LogP) is 4.10. The number of benzene rings is 2. The van der Waals surface area contributed by atoms with Crippen LogP contribution in [-0.4, -0.2) is 28.0 Å². The Balaban J connectivity index is 1.96. The number of fused-ring (bicyclic) bond motifs is 1. The second-order valence-corrected chi connectivity index (χ2v) is 7.22. The Labute approximate surface area is 178 Å². The van der Waals surface area contributed by atoms with Crippen LogP contribution in [0.2, 0.25) is 0 Å². The second kappa shape index (κ2) is 7.98. The molecule has 2 heterocycles. The molecule has 1 atom stereocenters. The minimum absolute atomic E-state index is 0.0560. The van der Waals surface area contributed by atoms with Gasteiger partial charge in [-0.2, -0.15) is 0 Å². The number of ether oxygens (including phenoxy) is 1. The molecule has 8 nitrogen and oxygen atoms in total. The van der Waals surface area contributed by atoms with Crippen molar-refractivity contribution < 1.29 is 14.5 Å². The number of esters is 1. The van der Waals surface area contributed by atoms with Crippen LogP contribution in [0.15, 0.2) is 71.7 Å². The third-order valence-corrected chi connectivity index (χ3v) is 5.30. The minimum atomic E-state index is -0.607. The molecule has 0 bridgehead atoms. The summed E-state index contributed by atoms with van der Waals surface area (Å²) in [5.41, 5.74) is 5.07. The number of rotatable bonds is 4. The number of aromatic nitrogens is 2. The Hall–Kier alpha value is -4.07. The van der Waals surface area contributed by atoms with E-state index in [-0.39, 0.29) is 5.69 Å². The molecule has 3 aromatic rings. The molecule has 31 heavy (non-hydrogen) atoms. The third-order valence-electron chi connectivity index (χ3n) is 5.30. The van der Waals surface area contributed by atoms with Gasteiger partial charge in [0.25, 0.3) is 5.69 Å². The maximum absolute atomic E-state index is 12.8. The number of nitro benzene ring substituents is 1. The van der Waals surface area contributed by atoms with Gasteiger partial charge in [0, 0.05) is 35.0 Å². The van der Waals surface area contributed by atoms with Gasteiger partial charge < -0.3 is 10.1 Å². The zero-order valence-corrected chi connectivity index (χ0v) is 17.2. The first-order chi connectivity index (χ1) is 14.9. The first-order valence-electron chi connectivity index (χ1n) is 9.64. The molecule has 1 unspecified atom stereocenters. The molecule has 0 spiro atoms. The molecule has 0 saturated carbocycles. The molecule has 0 radical (unpaired) electrons. The van der Waals surface area contributed by atoms with Gasteiger partial charge in [-0.25, -0.2) is 9.78 Å². The monoisotopic (exact) mass is 416 g/mol. The lowest BCUT2D eigenvalue weighted by Gasteiger charge is -2.31. The fourth-order valence-electron chi connectivity index (χ4n) is 3.95. The molecule has 1 aromatic heterocycles. The topological polar surface area (TPSA) is 107 Å². The van der Waals surface area contributed by atoms with Crippen LogP contribution in [-0.2, 0) is 9.53 Å². The second-order valence-electron chi connectivity index (χ2n) is 7.22. The number of non-ortho nitro benzene ring substituents is 1. The Morgan fingerprint density at radius 2 is 1.84 bits per heavy atom. The van der Waals surface area contributed by atoms with Gasteiger partial charge in [-0.3, -0.25) is 15.1 Å². The summed E-state index contributed by atoms with van der Waals surface area (Å²) >= 11 is 0. The molecule has 4 rings (SSSR count). The average Bonchev–Trinajstić information content (AvgIpc) is 2.78. The number of carbonyl (C=O) groups is 1. The van der Waals surface area contributed by atoms with Crippen molar-refractivity contribution in [3.63, 3.8) is 0 Å². The first-order valence-corrected chi connectivity index (χ1v) is 9.64. The van der Waals surface area contributed by atoms with Crippen LogP contribution in [0.25, 0.3) is 16.6 Å². The zero-order valence-electron chi connectivity index (χ0n) is 17.2. The highest BCUT2D eigenvalue weighted by molar-refractivity contribution is 5.97. The predicted molar refractivity (Wildman–Crippen MR) is 116 cm³/mol. The summed E-state index contributed by atoms with van der Waals surface area (Å²) in [6.45, 7) is 3.66. The van der Waals surface area contributed by atoms with Gasteiger partial charge in [0.1, 0.15) is 0 Å². The Morgan fingerprint density at radius 3 is 2.55 bits per heavy atom. The van der Waals surface area contributed by atoms with Gasteiger partial charge in [0.05, 0.1) is 40.5 Å². The Bertz CT molecular complexity index is 1280. The van der Waals surface area contributed by atoms with E-state index >= 15 is 0 Å². The van der Waals surface area contributed by atoms with Crippen molar-refractivity contribution >= 4 is 28.3 Å². The maximum Gasteiger partial charge on any atom is 0.336 e. The van der Waals surface area contributed by atoms with Crippen LogP contribution in [0.3, 0.4) is 0 Å². The van der Waals surface area contributed by atoms with Gasteiger partial charge in [0.15, 0.2) is 0 Å². The lowest BCUT2D eigenvalue weighted by molar-refractivity contribution is -0.384. The molecule has 1 N–H and O–H groups in total. The normalized spacial score (nSPS) is 16.3. The summed E-state index contributed by atoms with van der Waals surface area (Å²) in [6.07, 6.45) is 1.66. The largest absolute Gasteiger partial charge is 0.466 e. The van der Waals surface area contributed by atoms with Gasteiger partial charge >= 0.3 is 5.97 Å². The van der Waals surface area contributed by atoms with Gasteiger partial charge in [0.2, 0.25) is 0 Å². The summed E-state index contributed by atoms with van der Waals surface area (Å²) in [4.78, 5) is 33.0.